The highest BCUT2D eigenvalue weighted by atomic mass is 32.2. The van der Waals surface area contributed by atoms with Gasteiger partial charge in [0, 0.05) is 6.42 Å². The van der Waals surface area contributed by atoms with Crippen molar-refractivity contribution in [1.82, 2.24) is 21.3 Å². The molecule has 0 unspecified atom stereocenters. The second kappa shape index (κ2) is 16.8. The number of benzene rings is 1. The third-order valence-electron chi connectivity index (χ3n) is 5.25. The molecular formula is C23H34N6O9S. The highest BCUT2D eigenvalue weighted by Crippen LogP contribution is 2.11. The largest absolute Gasteiger partial charge is 0.508 e. The Labute approximate surface area is 228 Å². The minimum Gasteiger partial charge on any atom is -0.508 e. The molecule has 0 aliphatic heterocycles. The first-order chi connectivity index (χ1) is 18.4. The maximum absolute atomic E-state index is 12.8. The summed E-state index contributed by atoms with van der Waals surface area (Å²) in [6.07, 6.45) is 1.20. The van der Waals surface area contributed by atoms with E-state index in [9.17, 15) is 39.0 Å². The van der Waals surface area contributed by atoms with E-state index in [-0.39, 0.29) is 18.6 Å². The monoisotopic (exact) mass is 570 g/mol. The van der Waals surface area contributed by atoms with E-state index in [2.05, 4.69) is 21.3 Å². The van der Waals surface area contributed by atoms with E-state index in [1.807, 2.05) is 0 Å². The minimum atomic E-state index is -1.59. The number of carbonyl (C=O) groups excluding carboxylic acids is 5. The van der Waals surface area contributed by atoms with Crippen LogP contribution in [-0.4, -0.2) is 100 Å². The minimum absolute atomic E-state index is 0.00729. The lowest BCUT2D eigenvalue weighted by Crippen LogP contribution is -2.56. The molecule has 39 heavy (non-hydrogen) atoms. The topological polar surface area (TPSA) is 263 Å². The van der Waals surface area contributed by atoms with E-state index >= 15 is 0 Å². The standard InChI is InChI=1S/C23H34N6O9S/c1-39-7-6-15(22(36)29-17(23(37)38)9-18(25)32)27-19(33)10-26-21(35)16(28-20(34)14(24)11-30)8-12-2-4-13(31)5-3-12/h2-5,14-17,30-31H,6-11,24H2,1H3,(H2,25,32)(H,26,35)(H,27,33)(H,28,34)(H,29,36)(H,37,38)/t14-,15-,16-,17-/m0/s1. The van der Waals surface area contributed by atoms with Crippen LogP contribution in [0.5, 0.6) is 5.75 Å². The summed E-state index contributed by atoms with van der Waals surface area (Å²) in [5, 5.41) is 37.1. The van der Waals surface area contributed by atoms with Crippen LogP contribution in [0.3, 0.4) is 0 Å². The quantitative estimate of drug-likeness (QED) is 0.0888. The van der Waals surface area contributed by atoms with E-state index < -0.39 is 79.2 Å². The van der Waals surface area contributed by atoms with E-state index in [1.54, 1.807) is 6.26 Å². The zero-order valence-corrected chi connectivity index (χ0v) is 22.0. The second-order valence-electron chi connectivity index (χ2n) is 8.41. The first-order valence-corrected chi connectivity index (χ1v) is 13.1. The van der Waals surface area contributed by atoms with Gasteiger partial charge in [-0.1, -0.05) is 12.1 Å². The summed E-state index contributed by atoms with van der Waals surface area (Å²) in [7, 11) is 0. The van der Waals surface area contributed by atoms with Gasteiger partial charge in [-0.3, -0.25) is 24.0 Å². The summed E-state index contributed by atoms with van der Waals surface area (Å²) >= 11 is 1.37. The number of hydrogen-bond acceptors (Lipinski definition) is 10. The van der Waals surface area contributed by atoms with Crippen LogP contribution < -0.4 is 32.7 Å². The summed E-state index contributed by atoms with van der Waals surface area (Å²) < 4.78 is 0. The van der Waals surface area contributed by atoms with E-state index in [0.29, 0.717) is 11.3 Å². The number of thioether (sulfide) groups is 1. The van der Waals surface area contributed by atoms with Gasteiger partial charge >= 0.3 is 5.97 Å². The van der Waals surface area contributed by atoms with Crippen LogP contribution in [0.1, 0.15) is 18.4 Å². The number of aliphatic hydroxyl groups excluding tert-OH is 1. The summed E-state index contributed by atoms with van der Waals surface area (Å²) in [5.74, 6) is -5.22. The van der Waals surface area contributed by atoms with Crippen LogP contribution in [0.2, 0.25) is 0 Å². The number of carbonyl (C=O) groups is 6. The number of aromatic hydroxyl groups is 1. The molecule has 1 aromatic rings. The number of amides is 5. The van der Waals surface area contributed by atoms with Crippen molar-refractivity contribution in [2.75, 3.05) is 25.2 Å². The van der Waals surface area contributed by atoms with Gasteiger partial charge in [0.2, 0.25) is 29.5 Å². The number of phenolic OH excluding ortho intramolecular Hbond substituents is 1. The van der Waals surface area contributed by atoms with Gasteiger partial charge in [0.15, 0.2) is 0 Å². The highest BCUT2D eigenvalue weighted by molar-refractivity contribution is 7.98. The van der Waals surface area contributed by atoms with Gasteiger partial charge in [0.05, 0.1) is 19.6 Å². The first kappa shape index (κ1) is 33.1. The van der Waals surface area contributed by atoms with Gasteiger partial charge in [0.25, 0.3) is 0 Å². The Kier molecular flexibility index (Phi) is 14.3. The Morgan fingerprint density at radius 3 is 2.08 bits per heavy atom. The predicted octanol–water partition coefficient (Wildman–Crippen LogP) is -3.46. The fraction of sp³-hybridized carbons (Fsp3) is 0.478. The Balaban J connectivity index is 2.88. The molecule has 0 saturated heterocycles. The highest BCUT2D eigenvalue weighted by Gasteiger charge is 2.28. The zero-order chi connectivity index (χ0) is 29.5. The average molecular weight is 571 g/mol. The van der Waals surface area contributed by atoms with Crippen LogP contribution >= 0.6 is 11.8 Å². The molecule has 216 valence electrons. The van der Waals surface area contributed by atoms with Crippen LogP contribution in [0, 0.1) is 0 Å². The molecule has 0 bridgehead atoms. The molecule has 5 amide bonds. The van der Waals surface area contributed by atoms with Crippen molar-refractivity contribution in [1.29, 1.82) is 0 Å². The molecule has 16 heteroatoms. The Hall–Kier alpha value is -3.89. The molecule has 0 fully saturated rings. The summed E-state index contributed by atoms with van der Waals surface area (Å²) in [5.41, 5.74) is 11.1. The van der Waals surface area contributed by atoms with E-state index in [0.717, 1.165) is 0 Å². The first-order valence-electron chi connectivity index (χ1n) is 11.7. The van der Waals surface area contributed by atoms with Crippen LogP contribution in [-0.2, 0) is 35.2 Å². The number of phenols is 1. The molecule has 0 radical (unpaired) electrons. The molecule has 0 saturated carbocycles. The third kappa shape index (κ3) is 12.5. The molecule has 15 nitrogen and oxygen atoms in total. The van der Waals surface area contributed by atoms with E-state index in [1.165, 1.54) is 36.0 Å². The SMILES string of the molecule is CSCC[C@H](NC(=O)CNC(=O)[C@H](Cc1ccc(O)cc1)NC(=O)[C@@H](N)CO)C(=O)N[C@@H](CC(N)=O)C(=O)O. The number of aliphatic carboxylic acids is 1. The molecule has 11 N–H and O–H groups in total. The predicted molar refractivity (Wildman–Crippen MR) is 140 cm³/mol. The number of rotatable bonds is 17. The number of nitrogens with two attached hydrogens (primary N) is 2. The molecular weight excluding hydrogens is 536 g/mol. The number of aliphatic hydroxyl groups is 1. The lowest BCUT2D eigenvalue weighted by molar-refractivity contribution is -0.143. The van der Waals surface area contributed by atoms with Gasteiger partial charge in [0.1, 0.15) is 29.9 Å². The summed E-state index contributed by atoms with van der Waals surface area (Å²) in [6, 6.07) is 0.575. The lowest BCUT2D eigenvalue weighted by atomic mass is 10.0. The molecule has 1 aromatic carbocycles. The molecule has 0 aliphatic rings. The molecule has 0 heterocycles. The normalized spacial score (nSPS) is 13.7. The van der Waals surface area contributed by atoms with Crippen LogP contribution in [0.4, 0.5) is 0 Å². The molecule has 0 aromatic heterocycles. The Bertz CT molecular complexity index is 1020. The smallest absolute Gasteiger partial charge is 0.326 e. The van der Waals surface area contributed by atoms with Crippen LogP contribution in [0.25, 0.3) is 0 Å². The Morgan fingerprint density at radius 2 is 1.54 bits per heavy atom. The van der Waals surface area contributed by atoms with Crippen molar-refractivity contribution in [3.8, 4) is 5.75 Å². The number of hydrogen-bond donors (Lipinski definition) is 9. The van der Waals surface area contributed by atoms with Gasteiger partial charge < -0.3 is 48.1 Å². The lowest BCUT2D eigenvalue weighted by Gasteiger charge is -2.22. The number of nitrogens with one attached hydrogen (secondary N) is 4. The fourth-order valence-electron chi connectivity index (χ4n) is 3.15. The van der Waals surface area contributed by atoms with Crippen molar-refractivity contribution >= 4 is 47.3 Å². The Morgan fingerprint density at radius 1 is 0.923 bits per heavy atom. The second-order valence-corrected chi connectivity index (χ2v) is 9.40. The van der Waals surface area contributed by atoms with Gasteiger partial charge in [-0.15, -0.1) is 0 Å². The van der Waals surface area contributed by atoms with Gasteiger partial charge in [-0.25, -0.2) is 4.79 Å². The number of carboxylic acid groups (broad SMARTS) is 1. The maximum Gasteiger partial charge on any atom is 0.326 e. The summed E-state index contributed by atoms with van der Waals surface area (Å²) in [4.78, 5) is 72.6. The van der Waals surface area contributed by atoms with Crippen molar-refractivity contribution in [3.05, 3.63) is 29.8 Å². The molecule has 0 aliphatic carbocycles. The number of primary amides is 1. The van der Waals surface area contributed by atoms with Crippen LogP contribution in [0.15, 0.2) is 24.3 Å². The maximum atomic E-state index is 12.8. The zero-order valence-electron chi connectivity index (χ0n) is 21.2. The fourth-order valence-corrected chi connectivity index (χ4v) is 3.62. The van der Waals surface area contributed by atoms with Crippen molar-refractivity contribution in [2.24, 2.45) is 11.5 Å². The summed E-state index contributed by atoms with van der Waals surface area (Å²) in [6.45, 7) is -1.26. The molecule has 1 rings (SSSR count). The van der Waals surface area contributed by atoms with E-state index in [4.69, 9.17) is 16.6 Å². The molecule has 4 atom stereocenters. The molecule has 0 spiro atoms. The van der Waals surface area contributed by atoms with Crippen molar-refractivity contribution in [3.63, 3.8) is 0 Å². The third-order valence-corrected chi connectivity index (χ3v) is 5.89. The average Bonchev–Trinajstić information content (AvgIpc) is 2.88. The van der Waals surface area contributed by atoms with Gasteiger partial charge in [-0.05, 0) is 36.1 Å². The van der Waals surface area contributed by atoms with Gasteiger partial charge in [-0.2, -0.15) is 11.8 Å². The van der Waals surface area contributed by atoms with Crippen molar-refractivity contribution in [2.45, 2.75) is 43.4 Å². The van der Waals surface area contributed by atoms with Crippen molar-refractivity contribution < 1.29 is 44.1 Å². The number of carboxylic acids is 1.